The molecule has 0 radical (unpaired) electrons. The number of hydrogen-bond acceptors (Lipinski definition) is 4. The van der Waals surface area contributed by atoms with E-state index in [1.807, 2.05) is 57.2 Å². The van der Waals surface area contributed by atoms with Crippen LogP contribution in [0.4, 0.5) is 4.39 Å². The Balaban J connectivity index is 1.85. The highest BCUT2D eigenvalue weighted by Crippen LogP contribution is 2.39. The SMILES string of the molecule is CC(C)(C)c1cc(-c2cc(F)c[nH]c2=O)cc2c(-c3ccc(CNS(C)(=O)=O)cc3)coc12. The third kappa shape index (κ3) is 4.91. The number of benzene rings is 2. The van der Waals surface area contributed by atoms with Crippen molar-refractivity contribution in [3.63, 3.8) is 0 Å². The van der Waals surface area contributed by atoms with Crippen LogP contribution in [0.2, 0.25) is 0 Å². The summed E-state index contributed by atoms with van der Waals surface area (Å²) in [7, 11) is -3.28. The molecule has 2 aromatic carbocycles. The van der Waals surface area contributed by atoms with Crippen LogP contribution in [-0.4, -0.2) is 19.7 Å². The second-order valence-corrected chi connectivity index (χ2v) is 11.0. The van der Waals surface area contributed by atoms with Gasteiger partial charge in [0.2, 0.25) is 10.0 Å². The molecule has 6 nitrogen and oxygen atoms in total. The second-order valence-electron chi connectivity index (χ2n) is 9.15. The van der Waals surface area contributed by atoms with Crippen molar-refractivity contribution in [1.29, 1.82) is 0 Å². The third-order valence-electron chi connectivity index (χ3n) is 5.46. The van der Waals surface area contributed by atoms with E-state index in [2.05, 4.69) is 9.71 Å². The lowest BCUT2D eigenvalue weighted by Gasteiger charge is -2.20. The lowest BCUT2D eigenvalue weighted by molar-refractivity contribution is 0.559. The molecule has 0 amide bonds. The molecule has 172 valence electrons. The van der Waals surface area contributed by atoms with Crippen molar-refractivity contribution in [2.24, 2.45) is 0 Å². The molecular formula is C25H25FN2O4S. The molecule has 0 unspecified atom stereocenters. The zero-order valence-electron chi connectivity index (χ0n) is 18.8. The quantitative estimate of drug-likeness (QED) is 0.434. The van der Waals surface area contributed by atoms with Crippen LogP contribution in [0.25, 0.3) is 33.2 Å². The number of rotatable bonds is 5. The smallest absolute Gasteiger partial charge is 0.256 e. The van der Waals surface area contributed by atoms with Crippen LogP contribution in [0.1, 0.15) is 31.9 Å². The van der Waals surface area contributed by atoms with E-state index < -0.39 is 15.8 Å². The highest BCUT2D eigenvalue weighted by Gasteiger charge is 2.23. The van der Waals surface area contributed by atoms with Crippen molar-refractivity contribution in [1.82, 2.24) is 9.71 Å². The summed E-state index contributed by atoms with van der Waals surface area (Å²) in [6.07, 6.45) is 3.83. The summed E-state index contributed by atoms with van der Waals surface area (Å²) in [6.45, 7) is 6.35. The maximum Gasteiger partial charge on any atom is 0.256 e. The largest absolute Gasteiger partial charge is 0.463 e. The first-order valence-electron chi connectivity index (χ1n) is 10.4. The minimum atomic E-state index is -3.28. The first-order valence-corrected chi connectivity index (χ1v) is 12.3. The van der Waals surface area contributed by atoms with Crippen molar-refractivity contribution >= 4 is 21.0 Å². The van der Waals surface area contributed by atoms with Gasteiger partial charge in [0.15, 0.2) is 0 Å². The molecule has 0 aliphatic rings. The summed E-state index contributed by atoms with van der Waals surface area (Å²) < 4.78 is 45.0. The van der Waals surface area contributed by atoms with Crippen molar-refractivity contribution in [2.45, 2.75) is 32.7 Å². The molecule has 2 heterocycles. The first kappa shape index (κ1) is 22.9. The molecule has 0 saturated carbocycles. The van der Waals surface area contributed by atoms with Crippen LogP contribution in [0.3, 0.4) is 0 Å². The lowest BCUT2D eigenvalue weighted by Crippen LogP contribution is -2.21. The van der Waals surface area contributed by atoms with Gasteiger partial charge in [-0.3, -0.25) is 4.79 Å². The van der Waals surface area contributed by atoms with Gasteiger partial charge in [0.1, 0.15) is 11.4 Å². The summed E-state index contributed by atoms with van der Waals surface area (Å²) in [4.78, 5) is 14.9. The number of sulfonamides is 1. The molecule has 0 fully saturated rings. The number of nitrogens with one attached hydrogen (secondary N) is 2. The normalized spacial score (nSPS) is 12.4. The van der Waals surface area contributed by atoms with Crippen molar-refractivity contribution in [3.8, 4) is 22.3 Å². The van der Waals surface area contributed by atoms with E-state index in [1.165, 1.54) is 6.07 Å². The zero-order chi connectivity index (χ0) is 24.0. The van der Waals surface area contributed by atoms with Gasteiger partial charge >= 0.3 is 0 Å². The molecule has 33 heavy (non-hydrogen) atoms. The Kier molecular flexibility index (Phi) is 5.76. The fraction of sp³-hybridized carbons (Fsp3) is 0.240. The maximum atomic E-state index is 13.9. The molecule has 0 saturated heterocycles. The lowest BCUT2D eigenvalue weighted by atomic mass is 9.83. The number of hydrogen-bond donors (Lipinski definition) is 2. The molecule has 0 aliphatic carbocycles. The van der Waals surface area contributed by atoms with Crippen molar-refractivity contribution in [3.05, 3.63) is 82.2 Å². The summed E-state index contributed by atoms with van der Waals surface area (Å²) in [6, 6.07) is 12.4. The van der Waals surface area contributed by atoms with Gasteiger partial charge in [-0.25, -0.2) is 17.5 Å². The van der Waals surface area contributed by atoms with E-state index in [-0.39, 0.29) is 23.1 Å². The number of aromatic nitrogens is 1. The second kappa shape index (κ2) is 8.28. The Hall–Kier alpha value is -3.23. The summed E-state index contributed by atoms with van der Waals surface area (Å²) in [5, 5.41) is 0.808. The van der Waals surface area contributed by atoms with Gasteiger partial charge in [0, 0.05) is 34.8 Å². The van der Waals surface area contributed by atoms with E-state index in [4.69, 9.17) is 4.42 Å². The van der Waals surface area contributed by atoms with Gasteiger partial charge < -0.3 is 9.40 Å². The van der Waals surface area contributed by atoms with Gasteiger partial charge in [0.25, 0.3) is 5.56 Å². The van der Waals surface area contributed by atoms with Crippen molar-refractivity contribution in [2.75, 3.05) is 6.26 Å². The standard InChI is InChI=1S/C25H25FN2O4S/c1-25(2,3)22-10-17(19-11-18(26)13-27-24(19)29)9-20-21(14-32-23(20)22)16-7-5-15(6-8-16)12-28-33(4,30)31/h5-11,13-14,28H,12H2,1-4H3,(H,27,29). The Labute approximate surface area is 191 Å². The third-order valence-corrected chi connectivity index (χ3v) is 6.13. The van der Waals surface area contributed by atoms with Gasteiger partial charge in [-0.15, -0.1) is 0 Å². The fourth-order valence-corrected chi connectivity index (χ4v) is 4.19. The first-order chi connectivity index (χ1) is 15.4. The van der Waals surface area contributed by atoms with E-state index in [1.54, 1.807) is 6.26 Å². The van der Waals surface area contributed by atoms with Crippen LogP contribution >= 0.6 is 0 Å². The van der Waals surface area contributed by atoms with Crippen LogP contribution in [0, 0.1) is 5.82 Å². The summed E-state index contributed by atoms with van der Waals surface area (Å²) in [5.41, 5.74) is 4.32. The van der Waals surface area contributed by atoms with Crippen LogP contribution in [-0.2, 0) is 22.0 Å². The predicted octanol–water partition coefficient (Wildman–Crippen LogP) is 4.94. The molecule has 0 bridgehead atoms. The van der Waals surface area contributed by atoms with E-state index in [9.17, 15) is 17.6 Å². The average Bonchev–Trinajstić information content (AvgIpc) is 3.16. The molecule has 4 rings (SSSR count). The highest BCUT2D eigenvalue weighted by atomic mass is 32.2. The number of aromatic amines is 1. The van der Waals surface area contributed by atoms with Gasteiger partial charge in [0.05, 0.1) is 12.5 Å². The number of fused-ring (bicyclic) bond motifs is 1. The van der Waals surface area contributed by atoms with Crippen molar-refractivity contribution < 1.29 is 17.2 Å². The molecule has 2 N–H and O–H groups in total. The van der Waals surface area contributed by atoms with E-state index in [0.717, 1.165) is 40.1 Å². The summed E-state index contributed by atoms with van der Waals surface area (Å²) in [5.74, 6) is -0.521. The molecule has 8 heteroatoms. The van der Waals surface area contributed by atoms with Crippen LogP contribution < -0.4 is 10.3 Å². The maximum absolute atomic E-state index is 13.9. The molecular weight excluding hydrogens is 443 g/mol. The Morgan fingerprint density at radius 2 is 1.73 bits per heavy atom. The topological polar surface area (TPSA) is 92.2 Å². The number of pyridine rings is 1. The number of furan rings is 1. The average molecular weight is 469 g/mol. The fourth-order valence-electron chi connectivity index (χ4n) is 3.76. The molecule has 0 aliphatic heterocycles. The predicted molar refractivity (Wildman–Crippen MR) is 128 cm³/mol. The molecule has 2 aromatic heterocycles. The zero-order valence-corrected chi connectivity index (χ0v) is 19.6. The van der Waals surface area contributed by atoms with E-state index >= 15 is 0 Å². The minimum absolute atomic E-state index is 0.200. The number of H-pyrrole nitrogens is 1. The molecule has 4 aromatic rings. The Morgan fingerprint density at radius 3 is 2.36 bits per heavy atom. The monoisotopic (exact) mass is 468 g/mol. The van der Waals surface area contributed by atoms with Gasteiger partial charge in [-0.05, 0) is 40.3 Å². The number of halogens is 1. The van der Waals surface area contributed by atoms with Crippen LogP contribution in [0.15, 0.2) is 64.1 Å². The minimum Gasteiger partial charge on any atom is -0.463 e. The van der Waals surface area contributed by atoms with E-state index in [0.29, 0.717) is 11.1 Å². The Bertz CT molecular complexity index is 1490. The Morgan fingerprint density at radius 1 is 1.03 bits per heavy atom. The highest BCUT2D eigenvalue weighted by molar-refractivity contribution is 7.88. The van der Waals surface area contributed by atoms with Gasteiger partial charge in [-0.2, -0.15) is 0 Å². The van der Waals surface area contributed by atoms with Crippen LogP contribution in [0.5, 0.6) is 0 Å². The molecule has 0 spiro atoms. The van der Waals surface area contributed by atoms with Gasteiger partial charge in [-0.1, -0.05) is 45.0 Å². The summed E-state index contributed by atoms with van der Waals surface area (Å²) >= 11 is 0. The molecule has 0 atom stereocenters.